The Morgan fingerprint density at radius 2 is 1.93 bits per heavy atom. The highest BCUT2D eigenvalue weighted by Crippen LogP contribution is 2.32. The molecule has 1 aromatic rings. The maximum atomic E-state index is 12.7. The predicted octanol–water partition coefficient (Wildman–Crippen LogP) is 3.84. The molecule has 1 fully saturated rings. The fourth-order valence-electron chi connectivity index (χ4n) is 2.93. The van der Waals surface area contributed by atoms with Gasteiger partial charge in [0.25, 0.3) is 5.91 Å². The van der Waals surface area contributed by atoms with Gasteiger partial charge in [0, 0.05) is 13.0 Å². The number of amides is 2. The molecular formula is C22H26N2O4S2. The number of nitrogens with zero attached hydrogens (tertiary/aromatic N) is 1. The zero-order chi connectivity index (χ0) is 22.3. The summed E-state index contributed by atoms with van der Waals surface area (Å²) in [6, 6.07) is 8.85. The number of nitrogens with one attached hydrogen (secondary N) is 1. The van der Waals surface area contributed by atoms with Gasteiger partial charge in [0.05, 0.1) is 4.91 Å². The van der Waals surface area contributed by atoms with E-state index in [-0.39, 0.29) is 24.8 Å². The lowest BCUT2D eigenvalue weighted by molar-refractivity contribution is -0.142. The van der Waals surface area contributed by atoms with Gasteiger partial charge >= 0.3 is 5.97 Å². The lowest BCUT2D eigenvalue weighted by Gasteiger charge is -2.18. The molecule has 0 saturated carbocycles. The highest BCUT2D eigenvalue weighted by Gasteiger charge is 2.32. The third-order valence-corrected chi connectivity index (χ3v) is 5.71. The van der Waals surface area contributed by atoms with Crippen molar-refractivity contribution in [3.05, 3.63) is 52.4 Å². The average Bonchev–Trinajstić information content (AvgIpc) is 2.92. The third kappa shape index (κ3) is 7.11. The summed E-state index contributed by atoms with van der Waals surface area (Å²) in [6.07, 6.45) is 4.09. The molecular weight excluding hydrogens is 420 g/mol. The molecule has 1 heterocycles. The first-order chi connectivity index (χ1) is 14.2. The molecule has 0 spiro atoms. The number of carboxylic acid groups (broad SMARTS) is 1. The minimum atomic E-state index is -1.06. The van der Waals surface area contributed by atoms with Crippen LogP contribution in [0.4, 0.5) is 0 Å². The lowest BCUT2D eigenvalue weighted by atomic mass is 10.0. The molecule has 160 valence electrons. The van der Waals surface area contributed by atoms with E-state index in [1.165, 1.54) is 16.7 Å². The molecule has 8 heteroatoms. The first-order valence-electron chi connectivity index (χ1n) is 9.68. The van der Waals surface area contributed by atoms with Crippen LogP contribution in [0.3, 0.4) is 0 Å². The fourth-order valence-corrected chi connectivity index (χ4v) is 4.28. The molecule has 2 amide bonds. The minimum Gasteiger partial charge on any atom is -0.480 e. The van der Waals surface area contributed by atoms with Crippen molar-refractivity contribution in [2.75, 3.05) is 6.54 Å². The van der Waals surface area contributed by atoms with Crippen molar-refractivity contribution in [2.24, 2.45) is 5.92 Å². The fraction of sp³-hybridized carbons (Fsp3) is 0.364. The summed E-state index contributed by atoms with van der Waals surface area (Å²) in [5, 5.41) is 11.8. The van der Waals surface area contributed by atoms with Gasteiger partial charge < -0.3 is 10.4 Å². The SMILES string of the molecule is CC(/C=C1\SC(=S)N(CCC(=O)NC(CC(C)C)C(=O)O)C1=O)=C\c1ccccc1. The van der Waals surface area contributed by atoms with Gasteiger partial charge in [-0.3, -0.25) is 14.5 Å². The highest BCUT2D eigenvalue weighted by molar-refractivity contribution is 8.26. The first kappa shape index (κ1) is 23.8. The van der Waals surface area contributed by atoms with Crippen LogP contribution in [0.2, 0.25) is 0 Å². The van der Waals surface area contributed by atoms with Crippen LogP contribution < -0.4 is 5.32 Å². The summed E-state index contributed by atoms with van der Waals surface area (Å²) < 4.78 is 0.392. The van der Waals surface area contributed by atoms with Gasteiger partial charge in [0.15, 0.2) is 0 Å². The molecule has 2 N–H and O–H groups in total. The Morgan fingerprint density at radius 3 is 2.53 bits per heavy atom. The Labute approximate surface area is 186 Å². The predicted molar refractivity (Wildman–Crippen MR) is 124 cm³/mol. The molecule has 0 aromatic heterocycles. The van der Waals surface area contributed by atoms with Crippen LogP contribution in [-0.4, -0.2) is 44.7 Å². The van der Waals surface area contributed by atoms with E-state index in [9.17, 15) is 19.5 Å². The second-order valence-corrected chi connectivity index (χ2v) is 9.15. The van der Waals surface area contributed by atoms with Crippen molar-refractivity contribution in [2.45, 2.75) is 39.7 Å². The Balaban J connectivity index is 1.97. The second kappa shape index (κ2) is 11.1. The summed E-state index contributed by atoms with van der Waals surface area (Å²) in [7, 11) is 0. The van der Waals surface area contributed by atoms with Crippen LogP contribution in [-0.2, 0) is 14.4 Å². The number of thiocarbonyl (C=S) groups is 1. The standard InChI is InChI=1S/C22H26N2O4S2/c1-14(2)11-17(21(27)28)23-19(25)9-10-24-20(26)18(30-22(24)29)13-15(3)12-16-7-5-4-6-8-16/h4-8,12-14,17H,9-11H2,1-3H3,(H,23,25)(H,27,28)/b15-12+,18-13-. The smallest absolute Gasteiger partial charge is 0.326 e. The van der Waals surface area contributed by atoms with Crippen LogP contribution in [0.25, 0.3) is 6.08 Å². The van der Waals surface area contributed by atoms with Gasteiger partial charge in [-0.05, 0) is 36.5 Å². The number of hydrogen-bond donors (Lipinski definition) is 2. The number of rotatable bonds is 9. The Kier molecular flexibility index (Phi) is 8.80. The van der Waals surface area contributed by atoms with Gasteiger partial charge in [0.2, 0.25) is 5.91 Å². The van der Waals surface area contributed by atoms with E-state index in [2.05, 4.69) is 5.32 Å². The normalized spacial score (nSPS) is 17.0. The number of aliphatic carboxylic acids is 1. The number of hydrogen-bond acceptors (Lipinski definition) is 5. The van der Waals surface area contributed by atoms with E-state index >= 15 is 0 Å². The van der Waals surface area contributed by atoms with E-state index in [4.69, 9.17) is 12.2 Å². The molecule has 0 radical (unpaired) electrons. The highest BCUT2D eigenvalue weighted by atomic mass is 32.2. The van der Waals surface area contributed by atoms with Crippen molar-refractivity contribution >= 4 is 52.2 Å². The first-order valence-corrected chi connectivity index (χ1v) is 10.9. The van der Waals surface area contributed by atoms with Crippen LogP contribution in [0.1, 0.15) is 39.2 Å². The van der Waals surface area contributed by atoms with Crippen LogP contribution in [0.15, 0.2) is 46.9 Å². The Morgan fingerprint density at radius 1 is 1.27 bits per heavy atom. The van der Waals surface area contributed by atoms with Gasteiger partial charge in [-0.1, -0.05) is 74.2 Å². The molecule has 1 aliphatic heterocycles. The van der Waals surface area contributed by atoms with Gasteiger partial charge in [0.1, 0.15) is 10.4 Å². The van der Waals surface area contributed by atoms with E-state index in [1.807, 2.05) is 57.2 Å². The third-order valence-electron chi connectivity index (χ3n) is 4.33. The molecule has 6 nitrogen and oxygen atoms in total. The van der Waals surface area contributed by atoms with E-state index in [1.54, 1.807) is 6.08 Å². The van der Waals surface area contributed by atoms with Crippen molar-refractivity contribution in [3.63, 3.8) is 0 Å². The number of benzene rings is 1. The number of allylic oxidation sites excluding steroid dienone is 2. The van der Waals surface area contributed by atoms with Crippen LogP contribution >= 0.6 is 24.0 Å². The summed E-state index contributed by atoms with van der Waals surface area (Å²) in [6.45, 7) is 5.81. The molecule has 30 heavy (non-hydrogen) atoms. The molecule has 0 aliphatic carbocycles. The van der Waals surface area contributed by atoms with Crippen molar-refractivity contribution in [3.8, 4) is 0 Å². The molecule has 1 unspecified atom stereocenters. The summed E-state index contributed by atoms with van der Waals surface area (Å²) in [4.78, 5) is 38.1. The largest absolute Gasteiger partial charge is 0.480 e. The number of thioether (sulfide) groups is 1. The van der Waals surface area contributed by atoms with Crippen molar-refractivity contribution in [1.29, 1.82) is 0 Å². The molecule has 2 rings (SSSR count). The monoisotopic (exact) mass is 446 g/mol. The zero-order valence-corrected chi connectivity index (χ0v) is 18.9. The number of carboxylic acids is 1. The van der Waals surface area contributed by atoms with Crippen molar-refractivity contribution < 1.29 is 19.5 Å². The van der Waals surface area contributed by atoms with Crippen LogP contribution in [0.5, 0.6) is 0 Å². The molecule has 1 aliphatic rings. The summed E-state index contributed by atoms with van der Waals surface area (Å²) >= 11 is 6.50. The van der Waals surface area contributed by atoms with Gasteiger partial charge in [-0.2, -0.15) is 0 Å². The zero-order valence-electron chi connectivity index (χ0n) is 17.3. The quantitative estimate of drug-likeness (QED) is 0.443. The Bertz CT molecular complexity index is 878. The maximum absolute atomic E-state index is 12.7. The molecule has 0 bridgehead atoms. The maximum Gasteiger partial charge on any atom is 0.326 e. The minimum absolute atomic E-state index is 0.0135. The van der Waals surface area contributed by atoms with Crippen molar-refractivity contribution in [1.82, 2.24) is 10.2 Å². The molecule has 1 saturated heterocycles. The molecule has 1 atom stereocenters. The van der Waals surface area contributed by atoms with E-state index in [0.717, 1.165) is 11.1 Å². The van der Waals surface area contributed by atoms with Gasteiger partial charge in [-0.15, -0.1) is 0 Å². The number of carbonyl (C=O) groups excluding carboxylic acids is 2. The van der Waals surface area contributed by atoms with Gasteiger partial charge in [-0.25, -0.2) is 4.79 Å². The lowest BCUT2D eigenvalue weighted by Crippen LogP contribution is -2.43. The average molecular weight is 447 g/mol. The van der Waals surface area contributed by atoms with E-state index < -0.39 is 17.9 Å². The summed E-state index contributed by atoms with van der Waals surface area (Å²) in [5.41, 5.74) is 1.95. The molecule has 1 aromatic carbocycles. The topological polar surface area (TPSA) is 86.7 Å². The number of carbonyl (C=O) groups is 3. The van der Waals surface area contributed by atoms with Crippen LogP contribution in [0, 0.1) is 5.92 Å². The Hall–Kier alpha value is -2.45. The van der Waals surface area contributed by atoms with E-state index in [0.29, 0.717) is 15.6 Å². The second-order valence-electron chi connectivity index (χ2n) is 7.47. The summed E-state index contributed by atoms with van der Waals surface area (Å²) in [5.74, 6) is -1.58.